The summed E-state index contributed by atoms with van der Waals surface area (Å²) >= 11 is 0. The van der Waals surface area contributed by atoms with E-state index in [1.54, 1.807) is 0 Å². The van der Waals surface area contributed by atoms with E-state index in [1.165, 1.54) is 12.1 Å². The molecule has 0 bridgehead atoms. The van der Waals surface area contributed by atoms with Crippen LogP contribution in [0.25, 0.3) is 0 Å². The van der Waals surface area contributed by atoms with Gasteiger partial charge in [-0.05, 0) is 23.3 Å². The molecule has 0 fully saturated rings. The summed E-state index contributed by atoms with van der Waals surface area (Å²) in [5.74, 6) is 0. The average molecular weight is 295 g/mol. The lowest BCUT2D eigenvalue weighted by Crippen LogP contribution is -2.28. The van der Waals surface area contributed by atoms with E-state index >= 15 is 0 Å². The number of hydrogen-bond acceptors (Lipinski definition) is 2. The Bertz CT molecular complexity index is 566. The molecule has 3 N–H and O–H groups in total. The van der Waals surface area contributed by atoms with Crippen LogP contribution in [0.15, 0.2) is 54.6 Å². The van der Waals surface area contributed by atoms with Gasteiger partial charge < -0.3 is 10.8 Å². The summed E-state index contributed by atoms with van der Waals surface area (Å²) in [4.78, 5) is 0. The molecule has 2 nitrogen and oxygen atoms in total. The summed E-state index contributed by atoms with van der Waals surface area (Å²) < 4.78 is 37.5. The summed E-state index contributed by atoms with van der Waals surface area (Å²) in [5, 5.41) is 10.1. The summed E-state index contributed by atoms with van der Waals surface area (Å²) in [5.41, 5.74) is 6.59. The Morgan fingerprint density at radius 3 is 2.05 bits per heavy atom. The van der Waals surface area contributed by atoms with E-state index in [2.05, 4.69) is 0 Å². The zero-order chi connectivity index (χ0) is 15.5. The lowest BCUT2D eigenvalue weighted by atomic mass is 9.96. The molecule has 0 amide bonds. The lowest BCUT2D eigenvalue weighted by molar-refractivity contribution is -0.137. The highest BCUT2D eigenvalue weighted by Crippen LogP contribution is 2.30. The van der Waals surface area contributed by atoms with Crippen LogP contribution in [-0.4, -0.2) is 11.2 Å². The van der Waals surface area contributed by atoms with Gasteiger partial charge in [0.15, 0.2) is 0 Å². The molecule has 0 aliphatic rings. The van der Waals surface area contributed by atoms with Crippen LogP contribution in [0.4, 0.5) is 13.2 Å². The third-order valence-electron chi connectivity index (χ3n) is 3.33. The van der Waals surface area contributed by atoms with Crippen molar-refractivity contribution in [2.24, 2.45) is 5.73 Å². The summed E-state index contributed by atoms with van der Waals surface area (Å²) in [7, 11) is 0. The number of aliphatic hydroxyl groups is 1. The first kappa shape index (κ1) is 15.5. The smallest absolute Gasteiger partial charge is 0.391 e. The van der Waals surface area contributed by atoms with Crippen molar-refractivity contribution in [1.82, 2.24) is 0 Å². The van der Waals surface area contributed by atoms with Crippen molar-refractivity contribution in [2.75, 3.05) is 0 Å². The zero-order valence-corrected chi connectivity index (χ0v) is 11.2. The van der Waals surface area contributed by atoms with Crippen molar-refractivity contribution >= 4 is 0 Å². The van der Waals surface area contributed by atoms with Crippen LogP contribution in [0.1, 0.15) is 22.7 Å². The van der Waals surface area contributed by atoms with E-state index < -0.39 is 23.9 Å². The van der Waals surface area contributed by atoms with E-state index in [4.69, 9.17) is 5.73 Å². The van der Waals surface area contributed by atoms with Crippen molar-refractivity contribution in [3.8, 4) is 0 Å². The molecule has 0 radical (unpaired) electrons. The topological polar surface area (TPSA) is 46.2 Å². The third-order valence-corrected chi connectivity index (χ3v) is 3.33. The lowest BCUT2D eigenvalue weighted by Gasteiger charge is -2.20. The molecule has 21 heavy (non-hydrogen) atoms. The van der Waals surface area contributed by atoms with E-state index in [9.17, 15) is 18.3 Å². The van der Waals surface area contributed by atoms with Gasteiger partial charge in [-0.15, -0.1) is 0 Å². The maximum atomic E-state index is 12.5. The molecule has 0 saturated carbocycles. The molecule has 0 aliphatic heterocycles. The van der Waals surface area contributed by atoms with Crippen molar-refractivity contribution in [1.29, 1.82) is 0 Å². The number of benzene rings is 2. The molecular weight excluding hydrogens is 279 g/mol. The summed E-state index contributed by atoms with van der Waals surface area (Å²) in [6.07, 6.45) is -4.88. The highest BCUT2D eigenvalue weighted by atomic mass is 19.4. The predicted molar refractivity (Wildman–Crippen MR) is 74.5 cm³/mol. The minimum Gasteiger partial charge on any atom is -0.391 e. The maximum Gasteiger partial charge on any atom is 0.416 e. The van der Waals surface area contributed by atoms with E-state index in [0.717, 1.165) is 17.7 Å². The van der Waals surface area contributed by atoms with Gasteiger partial charge in [0, 0.05) is 6.42 Å². The van der Waals surface area contributed by atoms with E-state index in [0.29, 0.717) is 12.0 Å². The molecule has 2 atom stereocenters. The van der Waals surface area contributed by atoms with Gasteiger partial charge >= 0.3 is 6.18 Å². The highest BCUT2D eigenvalue weighted by Gasteiger charge is 2.30. The first-order chi connectivity index (χ1) is 9.88. The molecule has 2 rings (SSSR count). The van der Waals surface area contributed by atoms with Crippen molar-refractivity contribution in [3.05, 3.63) is 71.3 Å². The number of halogens is 3. The third kappa shape index (κ3) is 4.06. The Morgan fingerprint density at radius 2 is 1.52 bits per heavy atom. The molecule has 5 heteroatoms. The van der Waals surface area contributed by atoms with Gasteiger partial charge in [0.1, 0.15) is 0 Å². The molecule has 0 spiro atoms. The van der Waals surface area contributed by atoms with Gasteiger partial charge in [-0.25, -0.2) is 0 Å². The zero-order valence-electron chi connectivity index (χ0n) is 11.2. The molecule has 0 unspecified atom stereocenters. The Morgan fingerprint density at radius 1 is 0.952 bits per heavy atom. The summed E-state index contributed by atoms with van der Waals surface area (Å²) in [6.45, 7) is 0. The molecule has 112 valence electrons. The van der Waals surface area contributed by atoms with Crippen LogP contribution in [-0.2, 0) is 12.6 Å². The first-order valence-electron chi connectivity index (χ1n) is 6.52. The maximum absolute atomic E-state index is 12.5. The molecule has 2 aromatic carbocycles. The molecule has 0 aliphatic carbocycles. The molecule has 0 saturated heterocycles. The standard InChI is InChI=1S/C16H16F3NO/c17-16(18,19)13-8-6-12(7-9-13)15(20)14(21)10-11-4-2-1-3-5-11/h1-9,14-15,21H,10,20H2/t14-,15+/m1/s1. The van der Waals surface area contributed by atoms with Crippen LogP contribution in [0.2, 0.25) is 0 Å². The van der Waals surface area contributed by atoms with Crippen molar-refractivity contribution in [3.63, 3.8) is 0 Å². The SMILES string of the molecule is N[C@@H](c1ccc(C(F)(F)F)cc1)[C@H](O)Cc1ccccc1. The number of hydrogen-bond donors (Lipinski definition) is 2. The van der Waals surface area contributed by atoms with Gasteiger partial charge in [-0.2, -0.15) is 13.2 Å². The van der Waals surface area contributed by atoms with Crippen LogP contribution < -0.4 is 5.73 Å². The van der Waals surface area contributed by atoms with Crippen LogP contribution >= 0.6 is 0 Å². The van der Waals surface area contributed by atoms with Gasteiger partial charge in [0.2, 0.25) is 0 Å². The number of nitrogens with two attached hydrogens (primary N) is 1. The Hall–Kier alpha value is -1.85. The van der Waals surface area contributed by atoms with Crippen LogP contribution in [0.3, 0.4) is 0 Å². The van der Waals surface area contributed by atoms with Gasteiger partial charge in [-0.1, -0.05) is 42.5 Å². The van der Waals surface area contributed by atoms with Gasteiger partial charge in [-0.3, -0.25) is 0 Å². The Labute approximate surface area is 121 Å². The number of rotatable bonds is 4. The fourth-order valence-electron chi connectivity index (χ4n) is 2.10. The summed E-state index contributed by atoms with van der Waals surface area (Å²) in [6, 6.07) is 13.1. The number of alkyl halides is 3. The largest absolute Gasteiger partial charge is 0.416 e. The van der Waals surface area contributed by atoms with E-state index in [1.807, 2.05) is 30.3 Å². The second-order valence-electron chi connectivity index (χ2n) is 4.90. The van der Waals surface area contributed by atoms with Crippen LogP contribution in [0, 0.1) is 0 Å². The van der Waals surface area contributed by atoms with E-state index in [-0.39, 0.29) is 0 Å². The second kappa shape index (κ2) is 6.28. The minimum absolute atomic E-state index is 0.350. The van der Waals surface area contributed by atoms with Crippen molar-refractivity contribution in [2.45, 2.75) is 24.7 Å². The first-order valence-corrected chi connectivity index (χ1v) is 6.52. The minimum atomic E-state index is -4.37. The number of aliphatic hydroxyl groups excluding tert-OH is 1. The highest BCUT2D eigenvalue weighted by molar-refractivity contribution is 5.28. The second-order valence-corrected chi connectivity index (χ2v) is 4.90. The fourth-order valence-corrected chi connectivity index (χ4v) is 2.10. The fraction of sp³-hybridized carbons (Fsp3) is 0.250. The normalized spacial score (nSPS) is 14.7. The van der Waals surface area contributed by atoms with Crippen molar-refractivity contribution < 1.29 is 18.3 Å². The molecule has 0 aromatic heterocycles. The molecular formula is C16H16F3NO. The van der Waals surface area contributed by atoms with Gasteiger partial charge in [0.05, 0.1) is 17.7 Å². The monoisotopic (exact) mass is 295 g/mol. The molecule has 0 heterocycles. The van der Waals surface area contributed by atoms with Crippen LogP contribution in [0.5, 0.6) is 0 Å². The predicted octanol–water partition coefficient (Wildman–Crippen LogP) is 3.31. The van der Waals surface area contributed by atoms with Gasteiger partial charge in [0.25, 0.3) is 0 Å². The Kier molecular flexibility index (Phi) is 4.65. The Balaban J connectivity index is 2.07. The quantitative estimate of drug-likeness (QED) is 0.909. The molecule has 2 aromatic rings. The average Bonchev–Trinajstić information content (AvgIpc) is 2.46.